The predicted octanol–water partition coefficient (Wildman–Crippen LogP) is 12.3. The number of para-hydroxylation sites is 2. The van der Waals surface area contributed by atoms with E-state index in [4.69, 9.17) is 15.0 Å². The largest absolute Gasteiger partial charge is 0.342 e. The number of hydrogen-bond acceptors (Lipinski definition) is 3. The minimum atomic E-state index is -0.472. The number of aromatic nitrogens is 5. The fourth-order valence-corrected chi connectivity index (χ4v) is 10.5. The molecule has 58 heavy (non-hydrogen) atoms. The van der Waals surface area contributed by atoms with Gasteiger partial charge in [-0.3, -0.25) is 4.57 Å². The monoisotopic (exact) mass is 739 g/mol. The highest BCUT2D eigenvalue weighted by Gasteiger charge is 2.51. The van der Waals surface area contributed by atoms with Gasteiger partial charge in [-0.1, -0.05) is 164 Å². The first-order valence-electron chi connectivity index (χ1n) is 19.9. The van der Waals surface area contributed by atoms with E-state index in [0.29, 0.717) is 17.6 Å². The van der Waals surface area contributed by atoms with Crippen LogP contribution in [0.1, 0.15) is 22.3 Å². The highest BCUT2D eigenvalue weighted by Crippen LogP contribution is 2.63. The summed E-state index contributed by atoms with van der Waals surface area (Å²) in [7, 11) is 2.16. The first-order chi connectivity index (χ1) is 28.7. The van der Waals surface area contributed by atoms with Crippen LogP contribution in [0.5, 0.6) is 0 Å². The number of aryl methyl sites for hydroxylation is 1. The Kier molecular flexibility index (Phi) is 6.24. The molecule has 0 saturated carbocycles. The first-order valence-corrected chi connectivity index (χ1v) is 19.9. The normalized spacial score (nSPS) is 13.4. The molecule has 8 aromatic carbocycles. The highest BCUT2D eigenvalue weighted by atomic mass is 15.2. The molecule has 0 saturated heterocycles. The van der Waals surface area contributed by atoms with Gasteiger partial charge in [-0.15, -0.1) is 0 Å². The van der Waals surface area contributed by atoms with Crippen LogP contribution in [-0.4, -0.2) is 24.1 Å². The Balaban J connectivity index is 1.12. The molecule has 2 aliphatic carbocycles. The first kappa shape index (κ1) is 31.6. The van der Waals surface area contributed by atoms with E-state index in [1.165, 1.54) is 60.8 Å². The molecule has 0 atom stereocenters. The maximum Gasteiger partial charge on any atom is 0.238 e. The van der Waals surface area contributed by atoms with Gasteiger partial charge in [0.2, 0.25) is 5.95 Å². The molecule has 11 aromatic rings. The Morgan fingerprint density at radius 3 is 1.53 bits per heavy atom. The topological polar surface area (TPSA) is 48.5 Å². The molecule has 3 aromatic heterocycles. The van der Waals surface area contributed by atoms with Gasteiger partial charge in [0, 0.05) is 45.2 Å². The van der Waals surface area contributed by atoms with Crippen molar-refractivity contribution in [1.82, 2.24) is 24.1 Å². The van der Waals surface area contributed by atoms with Crippen molar-refractivity contribution in [2.45, 2.75) is 5.41 Å². The van der Waals surface area contributed by atoms with Crippen molar-refractivity contribution in [3.63, 3.8) is 0 Å². The molecule has 2 aliphatic rings. The highest BCUT2D eigenvalue weighted by molar-refractivity contribution is 6.23. The van der Waals surface area contributed by atoms with Crippen molar-refractivity contribution < 1.29 is 0 Å². The minimum absolute atomic E-state index is 0.472. The van der Waals surface area contributed by atoms with E-state index in [0.717, 1.165) is 38.4 Å². The molecule has 3 heterocycles. The second-order valence-corrected chi connectivity index (χ2v) is 15.6. The summed E-state index contributed by atoms with van der Waals surface area (Å²) in [5, 5.41) is 4.74. The summed E-state index contributed by atoms with van der Waals surface area (Å²) in [4.78, 5) is 16.1. The van der Waals surface area contributed by atoms with Crippen LogP contribution < -0.4 is 0 Å². The molecule has 0 bridgehead atoms. The van der Waals surface area contributed by atoms with Crippen LogP contribution in [0.15, 0.2) is 182 Å². The van der Waals surface area contributed by atoms with Crippen LogP contribution in [0.4, 0.5) is 0 Å². The van der Waals surface area contributed by atoms with Crippen LogP contribution >= 0.6 is 0 Å². The van der Waals surface area contributed by atoms with Crippen molar-refractivity contribution in [2.24, 2.45) is 7.05 Å². The van der Waals surface area contributed by atoms with Gasteiger partial charge in [0.1, 0.15) is 0 Å². The molecule has 0 aliphatic heterocycles. The van der Waals surface area contributed by atoms with Crippen molar-refractivity contribution in [1.29, 1.82) is 0 Å². The van der Waals surface area contributed by atoms with Crippen LogP contribution in [0.2, 0.25) is 0 Å². The standard InChI is InChI=1S/C53H33N5/c1-57-46-25-13-8-20-38(46)40-29-30-41-39-21-9-14-26-47(39)58(49(41)48(40)57)52-55-50(32-15-3-2-4-16-32)54-51(56-52)33-27-28-37-36-19-7-12-24-44(36)53(45(37)31-33)42-22-10-5-17-34(42)35-18-6-11-23-43(35)53/h2-31H,1H3. The fourth-order valence-electron chi connectivity index (χ4n) is 10.5. The van der Waals surface area contributed by atoms with E-state index in [9.17, 15) is 0 Å². The molecule has 0 fully saturated rings. The molecular weight excluding hydrogens is 707 g/mol. The average Bonchev–Trinajstić information content (AvgIpc) is 3.98. The van der Waals surface area contributed by atoms with E-state index >= 15 is 0 Å². The smallest absolute Gasteiger partial charge is 0.238 e. The lowest BCUT2D eigenvalue weighted by Crippen LogP contribution is -2.25. The van der Waals surface area contributed by atoms with Gasteiger partial charge in [-0.2, -0.15) is 9.97 Å². The summed E-state index contributed by atoms with van der Waals surface area (Å²) in [6.45, 7) is 0. The second kappa shape index (κ2) is 11.5. The molecule has 5 nitrogen and oxygen atoms in total. The molecule has 0 unspecified atom stereocenters. The Labute approximate surface area is 334 Å². The van der Waals surface area contributed by atoms with Gasteiger partial charge in [-0.05, 0) is 62.7 Å². The lowest BCUT2D eigenvalue weighted by atomic mass is 9.70. The summed E-state index contributed by atoms with van der Waals surface area (Å²) in [6, 6.07) is 65.7. The average molecular weight is 740 g/mol. The van der Waals surface area contributed by atoms with Crippen LogP contribution in [0.25, 0.3) is 94.6 Å². The summed E-state index contributed by atoms with van der Waals surface area (Å²) in [5.74, 6) is 1.85. The van der Waals surface area contributed by atoms with Gasteiger partial charge in [0.15, 0.2) is 11.6 Å². The fraction of sp³-hybridized carbons (Fsp3) is 0.0377. The lowest BCUT2D eigenvalue weighted by molar-refractivity contribution is 0.793. The van der Waals surface area contributed by atoms with Crippen molar-refractivity contribution in [3.05, 3.63) is 204 Å². The third-order valence-corrected chi connectivity index (χ3v) is 12.8. The summed E-state index contributed by atoms with van der Waals surface area (Å²) < 4.78 is 4.58. The third kappa shape index (κ3) is 3.97. The van der Waals surface area contributed by atoms with Gasteiger partial charge in [-0.25, -0.2) is 4.98 Å². The van der Waals surface area contributed by atoms with E-state index in [1.807, 2.05) is 18.2 Å². The molecule has 0 amide bonds. The quantitative estimate of drug-likeness (QED) is 0.181. The van der Waals surface area contributed by atoms with Crippen LogP contribution in [0.3, 0.4) is 0 Å². The van der Waals surface area contributed by atoms with Crippen LogP contribution in [-0.2, 0) is 12.5 Å². The van der Waals surface area contributed by atoms with Gasteiger partial charge in [0.05, 0.1) is 22.0 Å². The summed E-state index contributed by atoms with van der Waals surface area (Å²) in [5.41, 5.74) is 16.1. The number of rotatable bonds is 3. The van der Waals surface area contributed by atoms with Gasteiger partial charge in [0.25, 0.3) is 0 Å². The lowest BCUT2D eigenvalue weighted by Gasteiger charge is -2.30. The maximum atomic E-state index is 5.47. The number of nitrogens with zero attached hydrogens (tertiary/aromatic N) is 5. The third-order valence-electron chi connectivity index (χ3n) is 12.8. The number of fused-ring (bicyclic) bond motifs is 17. The van der Waals surface area contributed by atoms with Gasteiger partial charge >= 0.3 is 0 Å². The zero-order valence-corrected chi connectivity index (χ0v) is 31.6. The second-order valence-electron chi connectivity index (χ2n) is 15.6. The van der Waals surface area contributed by atoms with E-state index < -0.39 is 5.41 Å². The maximum absolute atomic E-state index is 5.47. The van der Waals surface area contributed by atoms with Crippen molar-refractivity contribution in [2.75, 3.05) is 0 Å². The zero-order valence-electron chi connectivity index (χ0n) is 31.6. The number of benzene rings is 8. The Morgan fingerprint density at radius 1 is 0.379 bits per heavy atom. The predicted molar refractivity (Wildman–Crippen MR) is 235 cm³/mol. The van der Waals surface area contributed by atoms with Crippen molar-refractivity contribution >= 4 is 43.6 Å². The summed E-state index contributed by atoms with van der Waals surface area (Å²) in [6.07, 6.45) is 0. The van der Waals surface area contributed by atoms with E-state index in [1.54, 1.807) is 0 Å². The van der Waals surface area contributed by atoms with E-state index in [-0.39, 0.29) is 0 Å². The molecular formula is C53H33N5. The molecule has 5 heteroatoms. The molecule has 1 spiro atoms. The SMILES string of the molecule is Cn1c2ccccc2c2ccc3c4ccccc4n(-c4nc(-c5ccccc5)nc(-c5ccc6c(c5)C5(c7ccccc7-c7ccccc75)c5ccccc5-6)n4)c3c21. The van der Waals surface area contributed by atoms with Gasteiger partial charge < -0.3 is 4.57 Å². The Bertz CT molecular complexity index is 3470. The minimum Gasteiger partial charge on any atom is -0.342 e. The molecule has 270 valence electrons. The summed E-state index contributed by atoms with van der Waals surface area (Å²) >= 11 is 0. The Hall–Kier alpha value is -7.63. The zero-order chi connectivity index (χ0) is 38.1. The van der Waals surface area contributed by atoms with E-state index in [2.05, 4.69) is 180 Å². The van der Waals surface area contributed by atoms with Crippen LogP contribution in [0, 0.1) is 0 Å². The van der Waals surface area contributed by atoms with Crippen molar-refractivity contribution in [3.8, 4) is 51.0 Å². The molecule has 0 N–H and O–H groups in total. The number of hydrogen-bond donors (Lipinski definition) is 0. The molecule has 0 radical (unpaired) electrons. The Morgan fingerprint density at radius 2 is 0.879 bits per heavy atom. The molecule has 13 rings (SSSR count).